The third-order valence-electron chi connectivity index (χ3n) is 3.94. The highest BCUT2D eigenvalue weighted by molar-refractivity contribution is 6.30. The summed E-state index contributed by atoms with van der Waals surface area (Å²) in [5.74, 6) is -0.752. The van der Waals surface area contributed by atoms with Crippen LogP contribution in [0, 0.1) is 5.82 Å². The van der Waals surface area contributed by atoms with Gasteiger partial charge in [0.2, 0.25) is 5.91 Å². The summed E-state index contributed by atoms with van der Waals surface area (Å²) in [6.45, 7) is 3.35. The number of nitrogens with zero attached hydrogens (tertiary/aromatic N) is 1. The zero-order chi connectivity index (χ0) is 16.1. The Balaban J connectivity index is 1.82. The molecule has 1 aliphatic rings. The van der Waals surface area contributed by atoms with Crippen LogP contribution in [0.2, 0.25) is 5.02 Å². The molecule has 122 valence electrons. The van der Waals surface area contributed by atoms with Crippen molar-refractivity contribution in [3.8, 4) is 0 Å². The highest BCUT2D eigenvalue weighted by Crippen LogP contribution is 2.22. The Bertz CT molecular complexity index is 525. The molecule has 2 N–H and O–H groups in total. The minimum Gasteiger partial charge on any atom is -0.393 e. The van der Waals surface area contributed by atoms with Crippen molar-refractivity contribution in [1.29, 1.82) is 0 Å². The molecule has 0 bridgehead atoms. The second-order valence-corrected chi connectivity index (χ2v) is 6.28. The Morgan fingerprint density at radius 3 is 3.05 bits per heavy atom. The molecule has 0 spiro atoms. The summed E-state index contributed by atoms with van der Waals surface area (Å²) in [5, 5.41) is 12.4. The predicted molar refractivity (Wildman–Crippen MR) is 85.5 cm³/mol. The van der Waals surface area contributed by atoms with E-state index < -0.39 is 5.82 Å². The molecule has 4 nitrogen and oxygen atoms in total. The lowest BCUT2D eigenvalue weighted by Crippen LogP contribution is -2.34. The lowest BCUT2D eigenvalue weighted by atomic mass is 10.1. The van der Waals surface area contributed by atoms with E-state index in [1.807, 2.05) is 0 Å². The minimum atomic E-state index is -0.533. The van der Waals surface area contributed by atoms with E-state index in [0.29, 0.717) is 24.0 Å². The van der Waals surface area contributed by atoms with Crippen LogP contribution >= 0.6 is 11.6 Å². The summed E-state index contributed by atoms with van der Waals surface area (Å²) in [6, 6.07) is 4.51. The van der Waals surface area contributed by atoms with Gasteiger partial charge in [0, 0.05) is 24.0 Å². The van der Waals surface area contributed by atoms with Crippen LogP contribution in [0.15, 0.2) is 18.2 Å². The number of rotatable bonds is 6. The first kappa shape index (κ1) is 17.2. The molecular formula is C16H22ClFN2O2. The van der Waals surface area contributed by atoms with Gasteiger partial charge in [-0.2, -0.15) is 0 Å². The fraction of sp³-hybridized carbons (Fsp3) is 0.562. The monoisotopic (exact) mass is 328 g/mol. The van der Waals surface area contributed by atoms with Crippen LogP contribution in [-0.4, -0.2) is 41.1 Å². The molecular weight excluding hydrogens is 307 g/mol. The second kappa shape index (κ2) is 7.90. The summed E-state index contributed by atoms with van der Waals surface area (Å²) < 4.78 is 13.6. The second-order valence-electron chi connectivity index (χ2n) is 5.84. The molecule has 6 heteroatoms. The Hall–Kier alpha value is -1.17. The number of amides is 1. The summed E-state index contributed by atoms with van der Waals surface area (Å²) in [4.78, 5) is 14.2. The summed E-state index contributed by atoms with van der Waals surface area (Å²) >= 11 is 5.68. The fourth-order valence-corrected chi connectivity index (χ4v) is 3.06. The molecule has 0 radical (unpaired) electrons. The van der Waals surface area contributed by atoms with Crippen molar-refractivity contribution >= 4 is 23.2 Å². The molecule has 1 aromatic carbocycles. The fourth-order valence-electron chi connectivity index (χ4n) is 2.90. The number of anilines is 1. The van der Waals surface area contributed by atoms with E-state index in [2.05, 4.69) is 10.2 Å². The van der Waals surface area contributed by atoms with Gasteiger partial charge in [-0.1, -0.05) is 11.6 Å². The Kier molecular flexibility index (Phi) is 6.17. The highest BCUT2D eigenvalue weighted by Gasteiger charge is 2.25. The number of likely N-dealkylation sites (tertiary alicyclic amines) is 1. The van der Waals surface area contributed by atoms with Crippen molar-refractivity contribution in [2.24, 2.45) is 0 Å². The van der Waals surface area contributed by atoms with Crippen molar-refractivity contribution in [2.45, 2.75) is 44.8 Å². The summed E-state index contributed by atoms with van der Waals surface area (Å²) in [5.41, 5.74) is 0.149. The van der Waals surface area contributed by atoms with E-state index in [4.69, 9.17) is 11.6 Å². The third-order valence-corrected chi connectivity index (χ3v) is 4.18. The molecule has 1 heterocycles. The molecule has 2 unspecified atom stereocenters. The van der Waals surface area contributed by atoms with Crippen LogP contribution in [0.25, 0.3) is 0 Å². The summed E-state index contributed by atoms with van der Waals surface area (Å²) in [6.07, 6.45) is 2.84. The van der Waals surface area contributed by atoms with Gasteiger partial charge in [0.1, 0.15) is 5.82 Å². The van der Waals surface area contributed by atoms with Gasteiger partial charge < -0.3 is 10.4 Å². The number of benzene rings is 1. The zero-order valence-corrected chi connectivity index (χ0v) is 13.4. The average molecular weight is 329 g/mol. The number of aliphatic hydroxyl groups excluding tert-OH is 1. The van der Waals surface area contributed by atoms with Crippen LogP contribution in [0.1, 0.15) is 32.6 Å². The normalized spacial score (nSPS) is 20.1. The number of nitrogens with one attached hydrogen (secondary N) is 1. The highest BCUT2D eigenvalue weighted by atomic mass is 35.5. The van der Waals surface area contributed by atoms with E-state index in [-0.39, 0.29) is 17.7 Å². The van der Waals surface area contributed by atoms with Crippen LogP contribution in [0.3, 0.4) is 0 Å². The van der Waals surface area contributed by atoms with Gasteiger partial charge in [0.15, 0.2) is 0 Å². The molecule has 2 atom stereocenters. The first-order valence-electron chi connectivity index (χ1n) is 7.62. The Morgan fingerprint density at radius 1 is 1.59 bits per heavy atom. The van der Waals surface area contributed by atoms with Gasteiger partial charge in [-0.15, -0.1) is 0 Å². The van der Waals surface area contributed by atoms with E-state index in [9.17, 15) is 14.3 Å². The van der Waals surface area contributed by atoms with Crippen molar-refractivity contribution in [1.82, 2.24) is 4.90 Å². The Morgan fingerprint density at radius 2 is 2.36 bits per heavy atom. The molecule has 1 amide bonds. The van der Waals surface area contributed by atoms with E-state index >= 15 is 0 Å². The molecule has 1 saturated heterocycles. The number of aliphatic hydroxyl groups is 1. The first-order valence-corrected chi connectivity index (χ1v) is 8.00. The molecule has 0 saturated carbocycles. The molecule has 22 heavy (non-hydrogen) atoms. The van der Waals surface area contributed by atoms with Gasteiger partial charge in [-0.3, -0.25) is 9.69 Å². The number of halogens is 2. The molecule has 0 aliphatic carbocycles. The van der Waals surface area contributed by atoms with Gasteiger partial charge in [0.05, 0.1) is 11.8 Å². The first-order chi connectivity index (χ1) is 10.5. The summed E-state index contributed by atoms with van der Waals surface area (Å²) in [7, 11) is 0. The van der Waals surface area contributed by atoms with Gasteiger partial charge in [-0.25, -0.2) is 4.39 Å². The minimum absolute atomic E-state index is 0.149. The number of hydrogen-bond acceptors (Lipinski definition) is 3. The van der Waals surface area contributed by atoms with E-state index in [1.165, 1.54) is 12.1 Å². The largest absolute Gasteiger partial charge is 0.393 e. The van der Waals surface area contributed by atoms with Crippen molar-refractivity contribution in [3.63, 3.8) is 0 Å². The molecule has 2 rings (SSSR count). The lowest BCUT2D eigenvalue weighted by molar-refractivity contribution is -0.116. The molecule has 1 aromatic rings. The van der Waals surface area contributed by atoms with E-state index in [1.54, 1.807) is 13.0 Å². The quantitative estimate of drug-likeness (QED) is 0.844. The zero-order valence-electron chi connectivity index (χ0n) is 12.7. The van der Waals surface area contributed by atoms with E-state index in [0.717, 1.165) is 25.8 Å². The third kappa shape index (κ3) is 4.93. The predicted octanol–water partition coefficient (Wildman–Crippen LogP) is 3.04. The van der Waals surface area contributed by atoms with Gasteiger partial charge >= 0.3 is 0 Å². The smallest absolute Gasteiger partial charge is 0.225 e. The average Bonchev–Trinajstić information content (AvgIpc) is 2.86. The van der Waals surface area contributed by atoms with Gasteiger partial charge in [0.25, 0.3) is 0 Å². The topological polar surface area (TPSA) is 52.6 Å². The number of carbonyl (C=O) groups is 1. The number of carbonyl (C=O) groups excluding carboxylic acids is 1. The maximum Gasteiger partial charge on any atom is 0.225 e. The lowest BCUT2D eigenvalue weighted by Gasteiger charge is -2.25. The molecule has 1 aliphatic heterocycles. The SMILES string of the molecule is CC(O)CC1CCCN1CCC(=O)Nc1ccc(Cl)cc1F. The van der Waals surface area contributed by atoms with Crippen LogP contribution in [0.5, 0.6) is 0 Å². The Labute approximate surface area is 135 Å². The maximum atomic E-state index is 13.6. The molecule has 1 fully saturated rings. The standard InChI is InChI=1S/C16H22ClFN2O2/c1-11(21)9-13-3-2-7-20(13)8-6-16(22)19-15-5-4-12(17)10-14(15)18/h4-5,10-11,13,21H,2-3,6-9H2,1H3,(H,19,22). The van der Waals surface area contributed by atoms with Gasteiger partial charge in [-0.05, 0) is 50.9 Å². The van der Waals surface area contributed by atoms with Crippen molar-refractivity contribution < 1.29 is 14.3 Å². The van der Waals surface area contributed by atoms with Crippen molar-refractivity contribution in [3.05, 3.63) is 29.0 Å². The molecule has 0 aromatic heterocycles. The van der Waals surface area contributed by atoms with Crippen LogP contribution in [0.4, 0.5) is 10.1 Å². The van der Waals surface area contributed by atoms with Crippen molar-refractivity contribution in [2.75, 3.05) is 18.4 Å². The van der Waals surface area contributed by atoms with Crippen LogP contribution in [-0.2, 0) is 4.79 Å². The maximum absolute atomic E-state index is 13.6. The number of hydrogen-bond donors (Lipinski definition) is 2. The van der Waals surface area contributed by atoms with Crippen LogP contribution < -0.4 is 5.32 Å².